The number of methoxy groups -OCH3 is 1. The summed E-state index contributed by atoms with van der Waals surface area (Å²) in [5, 5.41) is 0. The van der Waals surface area contributed by atoms with Gasteiger partial charge in [0, 0.05) is 11.6 Å². The van der Waals surface area contributed by atoms with Crippen LogP contribution >= 0.6 is 0 Å². The van der Waals surface area contributed by atoms with Gasteiger partial charge in [0.2, 0.25) is 0 Å². The molecule has 2 rings (SSSR count). The van der Waals surface area contributed by atoms with Gasteiger partial charge < -0.3 is 14.2 Å². The van der Waals surface area contributed by atoms with Crippen LogP contribution in [0.2, 0.25) is 0 Å². The number of hydrogen-bond donors (Lipinski definition) is 0. The second-order valence-electron chi connectivity index (χ2n) is 6.78. The average Bonchev–Trinajstić information content (AvgIpc) is 2.70. The van der Waals surface area contributed by atoms with E-state index >= 15 is 0 Å². The quantitative estimate of drug-likeness (QED) is 0.392. The standard InChI is InChI=1S/C22H28O5/c1-16(2)22(24)27-15-14-26-20-11-9-19(10-12-20)18-7-4-17(5-8-18)6-13-21(23)25-3/h4-8,13,19-20H,1,9-12,14-15H2,2-3H3. The van der Waals surface area contributed by atoms with Gasteiger partial charge in [-0.3, -0.25) is 0 Å². The summed E-state index contributed by atoms with van der Waals surface area (Å²) in [4.78, 5) is 22.4. The zero-order valence-corrected chi connectivity index (χ0v) is 16.1. The number of carbonyl (C=O) groups excluding carboxylic acids is 2. The summed E-state index contributed by atoms with van der Waals surface area (Å²) < 4.78 is 15.5. The lowest BCUT2D eigenvalue weighted by Crippen LogP contribution is -2.23. The van der Waals surface area contributed by atoms with Crippen LogP contribution in [-0.4, -0.2) is 38.4 Å². The van der Waals surface area contributed by atoms with Gasteiger partial charge in [0.05, 0.1) is 19.8 Å². The number of carbonyl (C=O) groups is 2. The largest absolute Gasteiger partial charge is 0.466 e. The molecule has 0 atom stereocenters. The molecule has 1 aliphatic carbocycles. The molecule has 0 radical (unpaired) electrons. The fourth-order valence-corrected chi connectivity index (χ4v) is 3.15. The number of rotatable bonds is 8. The van der Waals surface area contributed by atoms with Gasteiger partial charge in [-0.25, -0.2) is 9.59 Å². The zero-order valence-electron chi connectivity index (χ0n) is 16.1. The molecule has 1 aromatic rings. The van der Waals surface area contributed by atoms with E-state index in [2.05, 4.69) is 23.4 Å². The maximum Gasteiger partial charge on any atom is 0.333 e. The summed E-state index contributed by atoms with van der Waals surface area (Å²) in [5.74, 6) is -0.191. The van der Waals surface area contributed by atoms with Crippen LogP contribution in [0, 0.1) is 0 Å². The molecular weight excluding hydrogens is 344 g/mol. The highest BCUT2D eigenvalue weighted by Crippen LogP contribution is 2.34. The summed E-state index contributed by atoms with van der Waals surface area (Å²) in [7, 11) is 1.37. The minimum absolute atomic E-state index is 0.229. The highest BCUT2D eigenvalue weighted by Gasteiger charge is 2.22. The van der Waals surface area contributed by atoms with E-state index in [9.17, 15) is 9.59 Å². The summed E-state index contributed by atoms with van der Waals surface area (Å²) in [6, 6.07) is 8.29. The van der Waals surface area contributed by atoms with Gasteiger partial charge in [0.15, 0.2) is 0 Å². The van der Waals surface area contributed by atoms with E-state index in [0.29, 0.717) is 18.1 Å². The fraction of sp³-hybridized carbons (Fsp3) is 0.455. The molecular formula is C22H28O5. The molecule has 0 saturated heterocycles. The van der Waals surface area contributed by atoms with Crippen LogP contribution in [0.3, 0.4) is 0 Å². The molecule has 5 nitrogen and oxygen atoms in total. The molecule has 0 unspecified atom stereocenters. The van der Waals surface area contributed by atoms with Gasteiger partial charge in [-0.05, 0) is 55.7 Å². The van der Waals surface area contributed by atoms with Crippen molar-refractivity contribution in [2.75, 3.05) is 20.3 Å². The summed E-state index contributed by atoms with van der Waals surface area (Å²) in [5.41, 5.74) is 2.70. The van der Waals surface area contributed by atoms with Crippen LogP contribution in [0.5, 0.6) is 0 Å². The maximum absolute atomic E-state index is 11.3. The van der Waals surface area contributed by atoms with Crippen LogP contribution in [0.4, 0.5) is 0 Å². The third kappa shape index (κ3) is 7.02. The predicted molar refractivity (Wildman–Crippen MR) is 104 cm³/mol. The molecule has 0 aliphatic heterocycles. The van der Waals surface area contributed by atoms with Crippen molar-refractivity contribution in [3.05, 3.63) is 53.6 Å². The van der Waals surface area contributed by atoms with Crippen molar-refractivity contribution in [1.82, 2.24) is 0 Å². The predicted octanol–water partition coefficient (Wildman–Crippen LogP) is 4.03. The van der Waals surface area contributed by atoms with E-state index in [4.69, 9.17) is 9.47 Å². The lowest BCUT2D eigenvalue weighted by molar-refractivity contribution is -0.141. The molecule has 0 heterocycles. The molecule has 0 bridgehead atoms. The van der Waals surface area contributed by atoms with Crippen LogP contribution in [-0.2, 0) is 23.8 Å². The smallest absolute Gasteiger partial charge is 0.333 e. The molecule has 0 N–H and O–H groups in total. The van der Waals surface area contributed by atoms with E-state index in [1.165, 1.54) is 18.7 Å². The lowest BCUT2D eigenvalue weighted by Gasteiger charge is -2.29. The van der Waals surface area contributed by atoms with Crippen LogP contribution < -0.4 is 0 Å². The Bertz CT molecular complexity index is 666. The van der Waals surface area contributed by atoms with Crippen molar-refractivity contribution in [2.45, 2.75) is 44.6 Å². The zero-order chi connectivity index (χ0) is 19.6. The first kappa shape index (κ1) is 20.9. The monoisotopic (exact) mass is 372 g/mol. The Balaban J connectivity index is 1.72. The number of hydrogen-bond acceptors (Lipinski definition) is 5. The lowest BCUT2D eigenvalue weighted by atomic mass is 9.82. The Morgan fingerprint density at radius 1 is 1.11 bits per heavy atom. The van der Waals surface area contributed by atoms with Gasteiger partial charge in [0.1, 0.15) is 6.61 Å². The second kappa shape index (κ2) is 10.7. The van der Waals surface area contributed by atoms with Gasteiger partial charge in [0.25, 0.3) is 0 Å². The van der Waals surface area contributed by atoms with Crippen molar-refractivity contribution < 1.29 is 23.8 Å². The van der Waals surface area contributed by atoms with Crippen molar-refractivity contribution in [2.24, 2.45) is 0 Å². The molecule has 146 valence electrons. The Morgan fingerprint density at radius 3 is 2.37 bits per heavy atom. The molecule has 1 saturated carbocycles. The highest BCUT2D eigenvalue weighted by molar-refractivity contribution is 5.87. The molecule has 1 fully saturated rings. The minimum atomic E-state index is -0.368. The summed E-state index contributed by atoms with van der Waals surface area (Å²) in [6.45, 7) is 5.88. The van der Waals surface area contributed by atoms with Gasteiger partial charge in [-0.15, -0.1) is 0 Å². The highest BCUT2D eigenvalue weighted by atomic mass is 16.6. The molecule has 0 spiro atoms. The van der Waals surface area contributed by atoms with Crippen molar-refractivity contribution >= 4 is 18.0 Å². The SMILES string of the molecule is C=C(C)C(=O)OCCOC1CCC(c2ccc(C=CC(=O)OC)cc2)CC1. The molecule has 1 aliphatic rings. The van der Waals surface area contributed by atoms with Crippen LogP contribution in [0.25, 0.3) is 6.08 Å². The van der Waals surface area contributed by atoms with E-state index < -0.39 is 0 Å². The molecule has 1 aromatic carbocycles. The summed E-state index contributed by atoms with van der Waals surface area (Å²) >= 11 is 0. The van der Waals surface area contributed by atoms with Gasteiger partial charge in [-0.1, -0.05) is 30.8 Å². The Kier molecular flexibility index (Phi) is 8.27. The first-order valence-corrected chi connectivity index (χ1v) is 9.30. The molecule has 27 heavy (non-hydrogen) atoms. The third-order valence-electron chi connectivity index (χ3n) is 4.71. The Hall–Kier alpha value is -2.40. The second-order valence-corrected chi connectivity index (χ2v) is 6.78. The van der Waals surface area contributed by atoms with E-state index in [1.807, 2.05) is 12.1 Å². The van der Waals surface area contributed by atoms with Crippen LogP contribution in [0.1, 0.15) is 49.7 Å². The van der Waals surface area contributed by atoms with Crippen LogP contribution in [0.15, 0.2) is 42.5 Å². The van der Waals surface area contributed by atoms with Gasteiger partial charge in [-0.2, -0.15) is 0 Å². The summed E-state index contributed by atoms with van der Waals surface area (Å²) in [6.07, 6.45) is 7.56. The maximum atomic E-state index is 11.3. The van der Waals surface area contributed by atoms with Crippen molar-refractivity contribution in [1.29, 1.82) is 0 Å². The first-order chi connectivity index (χ1) is 13.0. The number of benzene rings is 1. The van der Waals surface area contributed by atoms with E-state index in [1.54, 1.807) is 13.0 Å². The Morgan fingerprint density at radius 2 is 1.78 bits per heavy atom. The number of esters is 2. The fourth-order valence-electron chi connectivity index (χ4n) is 3.15. The molecule has 0 aromatic heterocycles. The third-order valence-corrected chi connectivity index (χ3v) is 4.71. The normalized spacial score (nSPS) is 19.6. The van der Waals surface area contributed by atoms with E-state index in [-0.39, 0.29) is 24.6 Å². The number of ether oxygens (including phenoxy) is 3. The minimum Gasteiger partial charge on any atom is -0.466 e. The van der Waals surface area contributed by atoms with Crippen molar-refractivity contribution in [3.8, 4) is 0 Å². The van der Waals surface area contributed by atoms with Gasteiger partial charge >= 0.3 is 11.9 Å². The van der Waals surface area contributed by atoms with E-state index in [0.717, 1.165) is 31.2 Å². The molecule has 5 heteroatoms. The first-order valence-electron chi connectivity index (χ1n) is 9.30. The van der Waals surface area contributed by atoms with Crippen molar-refractivity contribution in [3.63, 3.8) is 0 Å². The molecule has 0 amide bonds. The topological polar surface area (TPSA) is 61.8 Å². The Labute approximate surface area is 161 Å². The average molecular weight is 372 g/mol.